The Hall–Kier alpha value is -4.84. The zero-order valence-corrected chi connectivity index (χ0v) is 33.1. The molecule has 6 heterocycles. The summed E-state index contributed by atoms with van der Waals surface area (Å²) < 4.78 is 1.39. The first-order valence-electron chi connectivity index (χ1n) is 18.9. The van der Waals surface area contributed by atoms with Crippen LogP contribution in [0.25, 0.3) is 32.3 Å². The highest BCUT2D eigenvalue weighted by Gasteiger charge is 2.61. The van der Waals surface area contributed by atoms with E-state index in [2.05, 4.69) is 32.1 Å². The largest absolute Gasteiger partial charge is 0.330 e. The number of rotatable bonds is 12. The molecule has 4 fully saturated rings. The Bertz CT molecular complexity index is 2310. The number of nitrogens with zero attached hydrogens (tertiary/aromatic N) is 2. The van der Waals surface area contributed by atoms with Crippen LogP contribution in [0.4, 0.5) is 9.59 Å². The molecule has 0 radical (unpaired) electrons. The quantitative estimate of drug-likeness (QED) is 0.0907. The molecule has 4 aliphatic rings. The summed E-state index contributed by atoms with van der Waals surface area (Å²) in [5, 5.41) is 13.6. The first-order chi connectivity index (χ1) is 26.5. The molecule has 4 aromatic rings. The second-order valence-corrected chi connectivity index (χ2v) is 18.8. The van der Waals surface area contributed by atoms with Gasteiger partial charge in [0.1, 0.15) is 0 Å². The lowest BCUT2D eigenvalue weighted by molar-refractivity contribution is -0.118. The van der Waals surface area contributed by atoms with Crippen molar-refractivity contribution in [3.63, 3.8) is 0 Å². The third kappa shape index (κ3) is 5.89. The van der Waals surface area contributed by atoms with Crippen molar-refractivity contribution in [2.24, 2.45) is 0 Å². The van der Waals surface area contributed by atoms with Gasteiger partial charge in [0, 0.05) is 34.8 Å². The van der Waals surface area contributed by atoms with E-state index in [1.165, 1.54) is 24.3 Å². The second-order valence-electron chi connectivity index (χ2n) is 16.4. The van der Waals surface area contributed by atoms with Gasteiger partial charge in [-0.05, 0) is 88.4 Å². The van der Waals surface area contributed by atoms with Crippen molar-refractivity contribution in [1.82, 2.24) is 30.6 Å². The third-order valence-electron chi connectivity index (χ3n) is 12.8. The zero-order valence-electron chi connectivity index (χ0n) is 31.5. The molecule has 0 bridgehead atoms. The van der Waals surface area contributed by atoms with Crippen molar-refractivity contribution in [3.05, 3.63) is 65.7 Å². The van der Waals surface area contributed by atoms with Crippen LogP contribution in [0, 0.1) is 0 Å². The highest BCUT2D eigenvalue weighted by Crippen LogP contribution is 2.48. The average molecular weight is 805 g/mol. The molecular weight excluding hydrogens is 761 g/mol. The molecule has 16 nitrogen and oxygen atoms in total. The molecule has 6 N–H and O–H groups in total. The number of carbonyl (C=O) groups is 4. The fourth-order valence-corrected chi connectivity index (χ4v) is 12.7. The molecule has 4 aliphatic heterocycles. The molecule has 0 spiro atoms. The number of amides is 6. The molecule has 6 amide bonds. The molecule has 8 rings (SSSR count). The molecular formula is C38H44N8O8S2. The topological polar surface area (TPSA) is 219 Å². The van der Waals surface area contributed by atoms with Gasteiger partial charge in [-0.3, -0.25) is 39.6 Å². The zero-order chi connectivity index (χ0) is 39.9. The van der Waals surface area contributed by atoms with E-state index < -0.39 is 45.1 Å². The standard InChI is InChI=1S/C38H44N8O8S2/c1-35-17-55-25(37(35,3)41-33(53)39-35)9-5-7-11-27(47)43-45-29(49)21-13-19-15-23-24(16-20(19)14-22(21)30(45)50)32(52)46(31(23)51)44-28(48)12-8-6-10-26-38(4)36(2,18-56-26)40-34(54)42-38/h13-16,25-26H,5-12,17-18H2,1-4H3,(H,43,47)(H,44,48)(H2,39,41,53)(H2,40,42,54)/t25-,26-,35+,36+,37-,38-/m1/s1. The lowest BCUT2D eigenvalue weighted by Gasteiger charge is -2.35. The minimum Gasteiger partial charge on any atom is -0.330 e. The van der Waals surface area contributed by atoms with Gasteiger partial charge in [0.2, 0.25) is 11.8 Å². The van der Waals surface area contributed by atoms with E-state index in [4.69, 9.17) is 0 Å². The van der Waals surface area contributed by atoms with E-state index in [9.17, 15) is 38.4 Å². The number of hydrogen-bond acceptors (Lipinski definition) is 10. The van der Waals surface area contributed by atoms with Crippen molar-refractivity contribution >= 4 is 79.7 Å². The first-order valence-corrected chi connectivity index (χ1v) is 21.0. The SMILES string of the molecule is C[C@]12CS[C@H](CCCCC(=O)Nn3c(=O)c4cc5cc6c(=O)n(NC(=O)CCCC[C@H]7SC[C@]8(C)NC(=O)N[C@]78C)c(=O)c6cc5cc4c3=O)[C@@]1(C)NC(=O)N2. The minimum atomic E-state index is -0.713. The van der Waals surface area contributed by atoms with Crippen LogP contribution in [-0.2, 0) is 9.59 Å². The van der Waals surface area contributed by atoms with Gasteiger partial charge >= 0.3 is 12.1 Å². The van der Waals surface area contributed by atoms with Crippen LogP contribution in [0.1, 0.15) is 79.1 Å². The van der Waals surface area contributed by atoms with Crippen molar-refractivity contribution in [2.75, 3.05) is 22.4 Å². The van der Waals surface area contributed by atoms with Crippen LogP contribution in [0.5, 0.6) is 0 Å². The van der Waals surface area contributed by atoms with Gasteiger partial charge in [-0.15, -0.1) is 0 Å². The molecule has 0 saturated carbocycles. The van der Waals surface area contributed by atoms with E-state index >= 15 is 0 Å². The van der Waals surface area contributed by atoms with Crippen LogP contribution in [0.3, 0.4) is 0 Å². The number of urea groups is 2. The van der Waals surface area contributed by atoms with Crippen LogP contribution < -0.4 is 54.4 Å². The molecule has 56 heavy (non-hydrogen) atoms. The van der Waals surface area contributed by atoms with Gasteiger partial charge in [-0.25, -0.2) is 9.59 Å². The fourth-order valence-electron chi connectivity index (χ4n) is 8.94. The maximum absolute atomic E-state index is 13.3. The number of carbonyl (C=O) groups excluding carboxylic acids is 4. The Morgan fingerprint density at radius 1 is 0.589 bits per heavy atom. The fraction of sp³-hybridized carbons (Fsp3) is 0.526. The lowest BCUT2D eigenvalue weighted by Crippen LogP contribution is -2.58. The van der Waals surface area contributed by atoms with Gasteiger partial charge in [-0.2, -0.15) is 32.9 Å². The van der Waals surface area contributed by atoms with Gasteiger partial charge in [-0.1, -0.05) is 12.8 Å². The number of benzene rings is 2. The van der Waals surface area contributed by atoms with E-state index in [0.29, 0.717) is 45.8 Å². The molecule has 2 aromatic heterocycles. The van der Waals surface area contributed by atoms with Gasteiger partial charge < -0.3 is 21.3 Å². The highest BCUT2D eigenvalue weighted by atomic mass is 32.2. The number of unbranched alkanes of at least 4 members (excludes halogenated alkanes) is 2. The summed E-state index contributed by atoms with van der Waals surface area (Å²) in [6.07, 6.45) is 4.21. The van der Waals surface area contributed by atoms with Crippen molar-refractivity contribution in [2.45, 2.75) is 112 Å². The molecule has 296 valence electrons. The summed E-state index contributed by atoms with van der Waals surface area (Å²) >= 11 is 3.58. The van der Waals surface area contributed by atoms with Gasteiger partial charge in [0.15, 0.2) is 0 Å². The van der Waals surface area contributed by atoms with Crippen LogP contribution in [0.15, 0.2) is 43.4 Å². The molecule has 4 saturated heterocycles. The van der Waals surface area contributed by atoms with Crippen molar-refractivity contribution in [3.8, 4) is 0 Å². The number of fused-ring (bicyclic) bond motifs is 5. The van der Waals surface area contributed by atoms with E-state index in [1.54, 1.807) is 23.5 Å². The predicted octanol–water partition coefficient (Wildman–Crippen LogP) is 2.22. The highest BCUT2D eigenvalue weighted by molar-refractivity contribution is 8.00. The Labute approximate surface area is 328 Å². The Balaban J connectivity index is 0.900. The molecule has 0 unspecified atom stereocenters. The molecule has 2 aromatic carbocycles. The van der Waals surface area contributed by atoms with Crippen LogP contribution in [-0.4, -0.2) is 77.4 Å². The number of aromatic nitrogens is 2. The average Bonchev–Trinajstić information content (AvgIpc) is 3.83. The normalized spacial score (nSPS) is 29.3. The molecule has 6 atom stereocenters. The Kier molecular flexibility index (Phi) is 9.10. The monoisotopic (exact) mass is 804 g/mol. The first kappa shape index (κ1) is 38.1. The maximum atomic E-state index is 13.3. The maximum Gasteiger partial charge on any atom is 0.315 e. The number of nitrogens with one attached hydrogen (secondary N) is 6. The van der Waals surface area contributed by atoms with E-state index in [0.717, 1.165) is 24.3 Å². The Morgan fingerprint density at radius 3 is 1.27 bits per heavy atom. The van der Waals surface area contributed by atoms with E-state index in [1.807, 2.05) is 27.7 Å². The minimum absolute atomic E-state index is 0.0488. The van der Waals surface area contributed by atoms with Crippen molar-refractivity contribution < 1.29 is 19.2 Å². The van der Waals surface area contributed by atoms with Gasteiger partial charge in [0.25, 0.3) is 22.2 Å². The second kappa shape index (κ2) is 13.4. The van der Waals surface area contributed by atoms with Crippen LogP contribution >= 0.6 is 23.5 Å². The molecule has 18 heteroatoms. The summed E-state index contributed by atoms with van der Waals surface area (Å²) in [5.74, 6) is 0.604. The summed E-state index contributed by atoms with van der Waals surface area (Å²) in [6, 6.07) is 5.48. The van der Waals surface area contributed by atoms with Crippen LogP contribution in [0.2, 0.25) is 0 Å². The number of thioether (sulfide) groups is 2. The van der Waals surface area contributed by atoms with Crippen molar-refractivity contribution in [1.29, 1.82) is 0 Å². The smallest absolute Gasteiger partial charge is 0.315 e. The van der Waals surface area contributed by atoms with E-state index in [-0.39, 0.29) is 68.0 Å². The van der Waals surface area contributed by atoms with Gasteiger partial charge in [0.05, 0.1) is 43.7 Å². The molecule has 0 aliphatic carbocycles. The summed E-state index contributed by atoms with van der Waals surface area (Å²) in [5.41, 5.74) is 0.555. The third-order valence-corrected chi connectivity index (χ3v) is 16.5. The summed E-state index contributed by atoms with van der Waals surface area (Å²) in [4.78, 5) is 103. The summed E-state index contributed by atoms with van der Waals surface area (Å²) in [7, 11) is 0. The lowest BCUT2D eigenvalue weighted by atomic mass is 9.79. The Morgan fingerprint density at radius 2 is 0.929 bits per heavy atom. The number of hydrogen-bond donors (Lipinski definition) is 6. The predicted molar refractivity (Wildman–Crippen MR) is 218 cm³/mol. The summed E-state index contributed by atoms with van der Waals surface area (Å²) in [6.45, 7) is 8.15.